The fourth-order valence-electron chi connectivity index (χ4n) is 3.33. The van der Waals surface area contributed by atoms with E-state index in [4.69, 9.17) is 0 Å². The van der Waals surface area contributed by atoms with Crippen molar-refractivity contribution in [3.63, 3.8) is 0 Å². The molecule has 0 spiro atoms. The molecule has 0 unspecified atom stereocenters. The van der Waals surface area contributed by atoms with Gasteiger partial charge in [0, 0.05) is 6.54 Å². The first-order valence-electron chi connectivity index (χ1n) is 7.82. The maximum absolute atomic E-state index is 11.4. The SMILES string of the molecule is O=C(O)[C@@H]1CCCN(C(c2ccccc2)c2ccccc2)C1. The summed E-state index contributed by atoms with van der Waals surface area (Å²) in [6, 6.07) is 20.9. The molecule has 0 aliphatic carbocycles. The van der Waals surface area contributed by atoms with Crippen LogP contribution >= 0.6 is 0 Å². The summed E-state index contributed by atoms with van der Waals surface area (Å²) in [5.41, 5.74) is 2.44. The lowest BCUT2D eigenvalue weighted by atomic mass is 9.91. The van der Waals surface area contributed by atoms with Crippen molar-refractivity contribution in [1.82, 2.24) is 4.90 Å². The van der Waals surface area contributed by atoms with Crippen LogP contribution in [0, 0.1) is 5.92 Å². The van der Waals surface area contributed by atoms with E-state index in [1.165, 1.54) is 11.1 Å². The second-order valence-electron chi connectivity index (χ2n) is 5.90. The molecule has 2 aromatic carbocycles. The second kappa shape index (κ2) is 6.75. The second-order valence-corrected chi connectivity index (χ2v) is 5.90. The van der Waals surface area contributed by atoms with Crippen molar-refractivity contribution in [2.45, 2.75) is 18.9 Å². The van der Waals surface area contributed by atoms with Crippen LogP contribution in [0.25, 0.3) is 0 Å². The van der Waals surface area contributed by atoms with Crippen LogP contribution in [0.4, 0.5) is 0 Å². The molecule has 1 fully saturated rings. The van der Waals surface area contributed by atoms with Crippen LogP contribution in [0.15, 0.2) is 60.7 Å². The van der Waals surface area contributed by atoms with Crippen LogP contribution in [0.3, 0.4) is 0 Å². The molecule has 1 aliphatic heterocycles. The molecule has 1 heterocycles. The van der Waals surface area contributed by atoms with Crippen LogP contribution < -0.4 is 0 Å². The van der Waals surface area contributed by atoms with Crippen molar-refractivity contribution in [2.24, 2.45) is 5.92 Å². The third-order valence-electron chi connectivity index (χ3n) is 4.40. The lowest BCUT2D eigenvalue weighted by Crippen LogP contribution is -2.41. The van der Waals surface area contributed by atoms with Crippen molar-refractivity contribution < 1.29 is 9.90 Å². The topological polar surface area (TPSA) is 40.5 Å². The van der Waals surface area contributed by atoms with Gasteiger partial charge < -0.3 is 5.11 Å². The predicted octanol–water partition coefficient (Wildman–Crippen LogP) is 3.57. The zero-order chi connectivity index (χ0) is 15.4. The highest BCUT2D eigenvalue weighted by Gasteiger charge is 2.30. The summed E-state index contributed by atoms with van der Waals surface area (Å²) in [5, 5.41) is 9.35. The number of hydrogen-bond acceptors (Lipinski definition) is 2. The molecular formula is C19H21NO2. The molecule has 0 bridgehead atoms. The summed E-state index contributed by atoms with van der Waals surface area (Å²) >= 11 is 0. The fraction of sp³-hybridized carbons (Fsp3) is 0.316. The number of carboxylic acids is 1. The molecule has 0 amide bonds. The Labute approximate surface area is 131 Å². The number of piperidine rings is 1. The number of likely N-dealkylation sites (tertiary alicyclic amines) is 1. The van der Waals surface area contributed by atoms with Gasteiger partial charge >= 0.3 is 5.97 Å². The Bertz CT molecular complexity index is 572. The first kappa shape index (κ1) is 14.8. The molecule has 22 heavy (non-hydrogen) atoms. The summed E-state index contributed by atoms with van der Waals surface area (Å²) in [4.78, 5) is 13.7. The van der Waals surface area contributed by atoms with Crippen molar-refractivity contribution in [1.29, 1.82) is 0 Å². The highest BCUT2D eigenvalue weighted by atomic mass is 16.4. The minimum absolute atomic E-state index is 0.129. The molecule has 1 N–H and O–H groups in total. The predicted molar refractivity (Wildman–Crippen MR) is 86.7 cm³/mol. The van der Waals surface area contributed by atoms with Gasteiger partial charge in [0.15, 0.2) is 0 Å². The minimum Gasteiger partial charge on any atom is -0.481 e. The third kappa shape index (κ3) is 3.20. The number of aliphatic carboxylic acids is 1. The maximum Gasteiger partial charge on any atom is 0.307 e. The number of hydrogen-bond donors (Lipinski definition) is 1. The van der Waals surface area contributed by atoms with Gasteiger partial charge in [-0.1, -0.05) is 60.7 Å². The van der Waals surface area contributed by atoms with E-state index in [1.807, 2.05) is 36.4 Å². The Morgan fingerprint density at radius 1 is 1.00 bits per heavy atom. The number of carboxylic acid groups (broad SMARTS) is 1. The Kier molecular flexibility index (Phi) is 4.54. The number of carbonyl (C=O) groups is 1. The van der Waals surface area contributed by atoms with Gasteiger partial charge in [-0.15, -0.1) is 0 Å². The van der Waals surface area contributed by atoms with E-state index in [1.54, 1.807) is 0 Å². The van der Waals surface area contributed by atoms with Crippen LogP contribution in [0.2, 0.25) is 0 Å². The molecule has 0 saturated carbocycles. The highest BCUT2D eigenvalue weighted by molar-refractivity contribution is 5.70. The standard InChI is InChI=1S/C19H21NO2/c21-19(22)17-12-7-13-20(14-17)18(15-8-3-1-4-9-15)16-10-5-2-6-11-16/h1-6,8-11,17-18H,7,12-14H2,(H,21,22)/t17-/m1/s1. The van der Waals surface area contributed by atoms with E-state index in [9.17, 15) is 9.90 Å². The molecule has 3 nitrogen and oxygen atoms in total. The Morgan fingerprint density at radius 3 is 2.05 bits per heavy atom. The maximum atomic E-state index is 11.4. The summed E-state index contributed by atoms with van der Waals surface area (Å²) in [6.45, 7) is 1.56. The van der Waals surface area contributed by atoms with Gasteiger partial charge in [0.2, 0.25) is 0 Å². The number of rotatable bonds is 4. The smallest absolute Gasteiger partial charge is 0.307 e. The van der Waals surface area contributed by atoms with Gasteiger partial charge in [0.25, 0.3) is 0 Å². The van der Waals surface area contributed by atoms with Gasteiger partial charge in [-0.3, -0.25) is 9.69 Å². The van der Waals surface area contributed by atoms with Gasteiger partial charge in [-0.05, 0) is 30.5 Å². The average Bonchev–Trinajstić information content (AvgIpc) is 2.57. The van der Waals surface area contributed by atoms with Crippen LogP contribution in [-0.4, -0.2) is 29.1 Å². The van der Waals surface area contributed by atoms with Crippen LogP contribution in [-0.2, 0) is 4.79 Å². The Morgan fingerprint density at radius 2 is 1.55 bits per heavy atom. The summed E-state index contributed by atoms with van der Waals surface area (Å²) in [6.07, 6.45) is 1.72. The molecule has 2 aromatic rings. The van der Waals surface area contributed by atoms with Gasteiger partial charge in [-0.2, -0.15) is 0 Å². The lowest BCUT2D eigenvalue weighted by molar-refractivity contribution is -0.143. The quantitative estimate of drug-likeness (QED) is 0.937. The van der Waals surface area contributed by atoms with E-state index in [2.05, 4.69) is 29.2 Å². The summed E-state index contributed by atoms with van der Waals surface area (Å²) < 4.78 is 0. The molecule has 0 radical (unpaired) electrons. The number of benzene rings is 2. The van der Waals surface area contributed by atoms with E-state index >= 15 is 0 Å². The molecule has 1 saturated heterocycles. The molecule has 3 heteroatoms. The first-order valence-corrected chi connectivity index (χ1v) is 7.82. The summed E-state index contributed by atoms with van der Waals surface area (Å²) in [5.74, 6) is -0.937. The Hall–Kier alpha value is -2.13. The van der Waals surface area contributed by atoms with E-state index < -0.39 is 5.97 Å². The number of nitrogens with zero attached hydrogens (tertiary/aromatic N) is 1. The lowest BCUT2D eigenvalue weighted by Gasteiger charge is -2.37. The molecule has 1 aliphatic rings. The summed E-state index contributed by atoms with van der Waals surface area (Å²) in [7, 11) is 0. The van der Waals surface area contributed by atoms with Crippen LogP contribution in [0.1, 0.15) is 30.0 Å². The molecule has 3 rings (SSSR count). The van der Waals surface area contributed by atoms with Gasteiger partial charge in [0.1, 0.15) is 0 Å². The van der Waals surface area contributed by atoms with Crippen molar-refractivity contribution in [3.8, 4) is 0 Å². The van der Waals surface area contributed by atoms with Gasteiger partial charge in [-0.25, -0.2) is 0 Å². The molecular weight excluding hydrogens is 274 g/mol. The minimum atomic E-state index is -0.676. The monoisotopic (exact) mass is 295 g/mol. The van der Waals surface area contributed by atoms with Crippen molar-refractivity contribution in [3.05, 3.63) is 71.8 Å². The molecule has 0 aromatic heterocycles. The van der Waals surface area contributed by atoms with E-state index in [-0.39, 0.29) is 12.0 Å². The highest BCUT2D eigenvalue weighted by Crippen LogP contribution is 2.32. The van der Waals surface area contributed by atoms with Crippen molar-refractivity contribution in [2.75, 3.05) is 13.1 Å². The van der Waals surface area contributed by atoms with E-state index in [0.29, 0.717) is 6.54 Å². The zero-order valence-electron chi connectivity index (χ0n) is 12.6. The average molecular weight is 295 g/mol. The van der Waals surface area contributed by atoms with E-state index in [0.717, 1.165) is 19.4 Å². The van der Waals surface area contributed by atoms with Crippen molar-refractivity contribution >= 4 is 5.97 Å². The Balaban J connectivity index is 1.94. The largest absolute Gasteiger partial charge is 0.481 e. The normalized spacial score (nSPS) is 19.2. The third-order valence-corrected chi connectivity index (χ3v) is 4.40. The van der Waals surface area contributed by atoms with Gasteiger partial charge in [0.05, 0.1) is 12.0 Å². The fourth-order valence-corrected chi connectivity index (χ4v) is 3.33. The first-order chi connectivity index (χ1) is 10.8. The molecule has 114 valence electrons. The van der Waals surface area contributed by atoms with Crippen LogP contribution in [0.5, 0.6) is 0 Å². The molecule has 1 atom stereocenters. The zero-order valence-corrected chi connectivity index (χ0v) is 12.6.